The smallest absolute Gasteiger partial charge is 0.356 e. The van der Waals surface area contributed by atoms with Gasteiger partial charge in [0.1, 0.15) is 5.54 Å². The van der Waals surface area contributed by atoms with E-state index in [1.807, 2.05) is 30.3 Å². The molecule has 2 atom stereocenters. The molecular formula is C28H30N2O7S2. The zero-order valence-corrected chi connectivity index (χ0v) is 23.7. The van der Waals surface area contributed by atoms with Crippen molar-refractivity contribution < 1.29 is 31.2 Å². The summed E-state index contributed by atoms with van der Waals surface area (Å²) in [7, 11) is -9.35. The van der Waals surface area contributed by atoms with Gasteiger partial charge in [0.25, 0.3) is 26.0 Å². The van der Waals surface area contributed by atoms with Gasteiger partial charge in [-0.05, 0) is 57.5 Å². The first-order chi connectivity index (χ1) is 18.3. The molecule has 39 heavy (non-hydrogen) atoms. The summed E-state index contributed by atoms with van der Waals surface area (Å²) >= 11 is 0. The Morgan fingerprint density at radius 1 is 0.769 bits per heavy atom. The minimum Gasteiger partial charge on any atom is -0.374 e. The van der Waals surface area contributed by atoms with Crippen molar-refractivity contribution in [3.05, 3.63) is 95.6 Å². The summed E-state index contributed by atoms with van der Waals surface area (Å²) in [6, 6.07) is 19.1. The van der Waals surface area contributed by atoms with Crippen LogP contribution in [0.15, 0.2) is 88.7 Å². The summed E-state index contributed by atoms with van der Waals surface area (Å²) in [5, 5.41) is 0. The van der Waals surface area contributed by atoms with Crippen LogP contribution in [-0.2, 0) is 36.2 Å². The van der Waals surface area contributed by atoms with Crippen LogP contribution in [0.4, 0.5) is 4.79 Å². The number of nitrogens with zero attached hydrogens (tertiary/aromatic N) is 2. The quantitative estimate of drug-likeness (QED) is 0.350. The standard InChI is InChI=1S/C28H30N2O7S2/c1-20-10-14-24(15-11-20)38(33,34)29-26(31)28(4,18-22(3)37-19-23-8-6-5-7-9-23)30(27(29)32)39(35,36)25-16-12-21(2)13-17-25/h5-17,22H,18-19H2,1-4H3/t22-,28-/m0/s1. The number of carbonyl (C=O) groups is 2. The number of urea groups is 1. The van der Waals surface area contributed by atoms with Crippen LogP contribution in [0.5, 0.6) is 0 Å². The molecule has 206 valence electrons. The van der Waals surface area contributed by atoms with Crippen LogP contribution in [0.2, 0.25) is 0 Å². The lowest BCUT2D eigenvalue weighted by Crippen LogP contribution is -2.51. The van der Waals surface area contributed by atoms with Crippen LogP contribution in [0.25, 0.3) is 0 Å². The number of ether oxygens (including phenoxy) is 1. The molecule has 0 saturated carbocycles. The number of amides is 3. The highest BCUT2D eigenvalue weighted by molar-refractivity contribution is 7.91. The average Bonchev–Trinajstić information content (AvgIpc) is 3.09. The lowest BCUT2D eigenvalue weighted by molar-refractivity contribution is -0.130. The number of hydrogen-bond acceptors (Lipinski definition) is 7. The van der Waals surface area contributed by atoms with Gasteiger partial charge in [-0.3, -0.25) is 4.79 Å². The molecule has 0 aliphatic carbocycles. The van der Waals surface area contributed by atoms with Crippen molar-refractivity contribution >= 4 is 32.0 Å². The second-order valence-electron chi connectivity index (χ2n) is 9.84. The topological polar surface area (TPSA) is 118 Å². The van der Waals surface area contributed by atoms with E-state index in [4.69, 9.17) is 4.74 Å². The summed E-state index contributed by atoms with van der Waals surface area (Å²) < 4.78 is 61.1. The van der Waals surface area contributed by atoms with Gasteiger partial charge in [-0.2, -0.15) is 0 Å². The lowest BCUT2D eigenvalue weighted by atomic mass is 9.95. The van der Waals surface area contributed by atoms with E-state index in [2.05, 4.69) is 0 Å². The van der Waals surface area contributed by atoms with Gasteiger partial charge in [0.2, 0.25) is 0 Å². The number of benzene rings is 3. The first-order valence-electron chi connectivity index (χ1n) is 12.3. The lowest BCUT2D eigenvalue weighted by Gasteiger charge is -2.32. The van der Waals surface area contributed by atoms with Gasteiger partial charge in [-0.1, -0.05) is 65.7 Å². The Hall–Kier alpha value is -3.54. The van der Waals surface area contributed by atoms with Gasteiger partial charge < -0.3 is 4.74 Å². The number of aryl methyl sites for hydroxylation is 2. The van der Waals surface area contributed by atoms with Crippen molar-refractivity contribution in [1.29, 1.82) is 0 Å². The Labute approximate surface area is 229 Å². The maximum absolute atomic E-state index is 13.8. The van der Waals surface area contributed by atoms with E-state index in [9.17, 15) is 26.4 Å². The number of rotatable bonds is 9. The molecule has 9 nitrogen and oxygen atoms in total. The predicted molar refractivity (Wildman–Crippen MR) is 145 cm³/mol. The fourth-order valence-corrected chi connectivity index (χ4v) is 7.60. The number of carbonyl (C=O) groups excluding carboxylic acids is 2. The SMILES string of the molecule is Cc1ccc(S(=O)(=O)N2C(=O)N(S(=O)(=O)c3ccc(C)cc3)[C@@](C)(C[C@H](C)OCc3ccccc3)C2=O)cc1. The molecule has 0 bridgehead atoms. The van der Waals surface area contributed by atoms with E-state index in [-0.39, 0.29) is 27.1 Å². The van der Waals surface area contributed by atoms with Crippen LogP contribution < -0.4 is 0 Å². The highest BCUT2D eigenvalue weighted by atomic mass is 32.2. The van der Waals surface area contributed by atoms with Crippen molar-refractivity contribution in [1.82, 2.24) is 8.61 Å². The van der Waals surface area contributed by atoms with E-state index in [0.29, 0.717) is 4.31 Å². The third-order valence-electron chi connectivity index (χ3n) is 6.62. The van der Waals surface area contributed by atoms with E-state index in [0.717, 1.165) is 16.7 Å². The zero-order chi connectivity index (χ0) is 28.6. The van der Waals surface area contributed by atoms with Crippen molar-refractivity contribution in [3.8, 4) is 0 Å². The Morgan fingerprint density at radius 3 is 1.77 bits per heavy atom. The first kappa shape index (κ1) is 28.5. The molecule has 0 unspecified atom stereocenters. The second kappa shape index (κ2) is 10.6. The molecule has 0 N–H and O–H groups in total. The monoisotopic (exact) mass is 570 g/mol. The maximum atomic E-state index is 13.8. The van der Waals surface area contributed by atoms with Crippen LogP contribution >= 0.6 is 0 Å². The summed E-state index contributed by atoms with van der Waals surface area (Å²) in [6.07, 6.45) is -0.986. The second-order valence-corrected chi connectivity index (χ2v) is 13.4. The van der Waals surface area contributed by atoms with Gasteiger partial charge in [0.05, 0.1) is 22.5 Å². The third kappa shape index (κ3) is 5.34. The Morgan fingerprint density at radius 2 is 1.26 bits per heavy atom. The fraction of sp³-hybridized carbons (Fsp3) is 0.286. The Balaban J connectivity index is 1.76. The molecule has 0 radical (unpaired) electrons. The summed E-state index contributed by atoms with van der Waals surface area (Å²) in [6.45, 7) is 6.60. The van der Waals surface area contributed by atoms with Crippen molar-refractivity contribution in [2.45, 2.75) is 62.2 Å². The summed E-state index contributed by atoms with van der Waals surface area (Å²) in [4.78, 5) is 27.0. The van der Waals surface area contributed by atoms with Crippen LogP contribution in [-0.4, -0.2) is 49.0 Å². The van der Waals surface area contributed by atoms with E-state index >= 15 is 0 Å². The molecule has 1 aliphatic heterocycles. The van der Waals surface area contributed by atoms with E-state index in [1.54, 1.807) is 32.9 Å². The molecule has 3 aromatic rings. The van der Waals surface area contributed by atoms with Crippen LogP contribution in [0.1, 0.15) is 37.0 Å². The van der Waals surface area contributed by atoms with Gasteiger partial charge >= 0.3 is 6.03 Å². The normalized spacial score (nSPS) is 19.0. The van der Waals surface area contributed by atoms with Crippen LogP contribution in [0, 0.1) is 13.8 Å². The molecule has 1 fully saturated rings. The van der Waals surface area contributed by atoms with Crippen LogP contribution in [0.3, 0.4) is 0 Å². The molecule has 0 aromatic heterocycles. The van der Waals surface area contributed by atoms with Crippen molar-refractivity contribution in [3.63, 3.8) is 0 Å². The van der Waals surface area contributed by atoms with Gasteiger partial charge in [0.15, 0.2) is 0 Å². The average molecular weight is 571 g/mol. The number of sulfonamides is 2. The Bertz CT molecular complexity index is 1590. The highest BCUT2D eigenvalue weighted by Crippen LogP contribution is 2.40. The zero-order valence-electron chi connectivity index (χ0n) is 22.1. The first-order valence-corrected chi connectivity index (χ1v) is 15.1. The van der Waals surface area contributed by atoms with Gasteiger partial charge in [0, 0.05) is 6.42 Å². The Kier molecular flexibility index (Phi) is 7.70. The molecule has 1 saturated heterocycles. The molecule has 4 rings (SSSR count). The number of hydrogen-bond donors (Lipinski definition) is 0. The minimum atomic E-state index is -4.71. The molecule has 3 amide bonds. The fourth-order valence-electron chi connectivity index (χ4n) is 4.50. The summed E-state index contributed by atoms with van der Waals surface area (Å²) in [5.74, 6) is -1.17. The van der Waals surface area contributed by atoms with Crippen molar-refractivity contribution in [2.24, 2.45) is 0 Å². The van der Waals surface area contributed by atoms with Gasteiger partial charge in [-0.25, -0.2) is 25.9 Å². The highest BCUT2D eigenvalue weighted by Gasteiger charge is 2.63. The maximum Gasteiger partial charge on any atom is 0.356 e. The summed E-state index contributed by atoms with van der Waals surface area (Å²) in [5.41, 5.74) is 0.336. The van der Waals surface area contributed by atoms with E-state index < -0.39 is 43.6 Å². The van der Waals surface area contributed by atoms with E-state index in [1.165, 1.54) is 43.3 Å². The van der Waals surface area contributed by atoms with Gasteiger partial charge in [-0.15, -0.1) is 4.31 Å². The molecule has 1 heterocycles. The third-order valence-corrected chi connectivity index (χ3v) is 10.2. The molecular weight excluding hydrogens is 540 g/mol. The number of imide groups is 1. The molecule has 0 spiro atoms. The molecule has 3 aromatic carbocycles. The predicted octanol–water partition coefficient (Wildman–Crippen LogP) is 4.40. The molecule has 11 heteroatoms. The largest absolute Gasteiger partial charge is 0.374 e. The van der Waals surface area contributed by atoms with Crippen molar-refractivity contribution in [2.75, 3.05) is 0 Å². The minimum absolute atomic E-state index is 0.0628. The molecule has 1 aliphatic rings.